The molecule has 61 heavy (non-hydrogen) atoms. The largest absolute Gasteiger partial charge is 0.480 e. The summed E-state index contributed by atoms with van der Waals surface area (Å²) in [5.74, 6) is -2.49. The Morgan fingerprint density at radius 1 is 0.574 bits per heavy atom. The molecule has 0 aliphatic rings. The van der Waals surface area contributed by atoms with Gasteiger partial charge in [-0.15, -0.1) is 0 Å². The van der Waals surface area contributed by atoms with Gasteiger partial charge in [-0.25, -0.2) is 4.57 Å². The van der Waals surface area contributed by atoms with Gasteiger partial charge < -0.3 is 30.3 Å². The molecule has 0 aromatic heterocycles. The van der Waals surface area contributed by atoms with Crippen LogP contribution in [0.1, 0.15) is 174 Å². The third-order valence-electron chi connectivity index (χ3n) is 9.48. The van der Waals surface area contributed by atoms with Crippen LogP contribution in [0.3, 0.4) is 0 Å². The zero-order chi connectivity index (χ0) is 45.1. The zero-order valence-electron chi connectivity index (χ0n) is 37.6. The van der Waals surface area contributed by atoms with Gasteiger partial charge in [-0.05, 0) is 83.5 Å². The van der Waals surface area contributed by atoms with Crippen LogP contribution >= 0.6 is 7.82 Å². The van der Waals surface area contributed by atoms with Gasteiger partial charge in [0.05, 0.1) is 19.3 Å². The monoisotopic (exact) mass is 880 g/mol. The van der Waals surface area contributed by atoms with E-state index in [1.54, 1.807) is 0 Å². The van der Waals surface area contributed by atoms with E-state index < -0.39 is 51.1 Å². The van der Waals surface area contributed by atoms with Crippen LogP contribution in [0, 0.1) is 0 Å². The molecule has 0 spiro atoms. The summed E-state index contributed by atoms with van der Waals surface area (Å²) in [5.41, 5.74) is 5.33. The SMILES string of the molecule is CCCCC/C=C\C/C=C\CCCCCCCCCCCC(=O)O[C@H](COC(=O)CCC/C=C\C/C=C\C/C=C\C/C=C\CC(O)CCC)COP(=O)(O)OC[C@H](N)C(=O)O. The molecule has 0 bridgehead atoms. The Hall–Kier alpha value is -3.12. The second-order valence-corrected chi connectivity index (χ2v) is 16.8. The topological polar surface area (TPSA) is 192 Å². The molecule has 0 amide bonds. The summed E-state index contributed by atoms with van der Waals surface area (Å²) >= 11 is 0. The molecule has 13 heteroatoms. The molecule has 0 rings (SSSR count). The highest BCUT2D eigenvalue weighted by molar-refractivity contribution is 7.47. The van der Waals surface area contributed by atoms with Crippen LogP contribution in [0.4, 0.5) is 0 Å². The number of phosphoric acid groups is 1. The molecule has 0 saturated heterocycles. The molecule has 0 radical (unpaired) electrons. The fourth-order valence-corrected chi connectivity index (χ4v) is 6.64. The Balaban J connectivity index is 4.44. The van der Waals surface area contributed by atoms with Gasteiger partial charge in [-0.3, -0.25) is 23.4 Å². The van der Waals surface area contributed by atoms with Crippen LogP contribution in [-0.2, 0) is 37.5 Å². The maximum atomic E-state index is 12.7. The summed E-state index contributed by atoms with van der Waals surface area (Å²) in [4.78, 5) is 46.0. The smallest absolute Gasteiger partial charge is 0.472 e. The number of carbonyl (C=O) groups excluding carboxylic acids is 2. The summed E-state index contributed by atoms with van der Waals surface area (Å²) in [7, 11) is -4.74. The van der Waals surface area contributed by atoms with Gasteiger partial charge in [0.25, 0.3) is 0 Å². The maximum Gasteiger partial charge on any atom is 0.472 e. The summed E-state index contributed by atoms with van der Waals surface area (Å²) in [5, 5.41) is 18.6. The van der Waals surface area contributed by atoms with Crippen LogP contribution in [0.2, 0.25) is 0 Å². The Labute approximate surface area is 368 Å². The molecular weight excluding hydrogens is 797 g/mol. The van der Waals surface area contributed by atoms with Crippen molar-refractivity contribution in [3.63, 3.8) is 0 Å². The van der Waals surface area contributed by atoms with E-state index in [2.05, 4.69) is 73.1 Å². The third kappa shape index (κ3) is 42.0. The summed E-state index contributed by atoms with van der Waals surface area (Å²) in [6.07, 6.45) is 47.4. The van der Waals surface area contributed by atoms with Gasteiger partial charge in [0.15, 0.2) is 6.10 Å². The molecule has 0 aromatic rings. The van der Waals surface area contributed by atoms with E-state index in [1.165, 1.54) is 51.4 Å². The Morgan fingerprint density at radius 2 is 1.03 bits per heavy atom. The first-order valence-corrected chi connectivity index (χ1v) is 24.5. The first-order chi connectivity index (χ1) is 29.5. The number of esters is 2. The molecule has 0 aliphatic heterocycles. The predicted molar refractivity (Wildman–Crippen MR) is 246 cm³/mol. The number of aliphatic carboxylic acids is 1. The van der Waals surface area contributed by atoms with E-state index >= 15 is 0 Å². The van der Waals surface area contributed by atoms with Crippen molar-refractivity contribution < 1.29 is 52.6 Å². The predicted octanol–water partition coefficient (Wildman–Crippen LogP) is 11.5. The summed E-state index contributed by atoms with van der Waals surface area (Å²) < 4.78 is 32.7. The van der Waals surface area contributed by atoms with Crippen molar-refractivity contribution in [1.82, 2.24) is 0 Å². The van der Waals surface area contributed by atoms with E-state index in [4.69, 9.17) is 24.8 Å². The highest BCUT2D eigenvalue weighted by Gasteiger charge is 2.28. The van der Waals surface area contributed by atoms with Gasteiger partial charge in [0.2, 0.25) is 0 Å². The van der Waals surface area contributed by atoms with Gasteiger partial charge in [-0.1, -0.05) is 151 Å². The molecule has 0 aliphatic carbocycles. The molecule has 5 N–H and O–H groups in total. The number of hydrogen-bond acceptors (Lipinski definition) is 10. The quantitative estimate of drug-likeness (QED) is 0.0197. The van der Waals surface area contributed by atoms with Crippen LogP contribution < -0.4 is 5.73 Å². The lowest BCUT2D eigenvalue weighted by Gasteiger charge is -2.20. The lowest BCUT2D eigenvalue weighted by atomic mass is 10.1. The highest BCUT2D eigenvalue weighted by atomic mass is 31.2. The number of carboxylic acid groups (broad SMARTS) is 1. The molecule has 0 fully saturated rings. The van der Waals surface area contributed by atoms with Crippen LogP contribution in [0.15, 0.2) is 72.9 Å². The Bertz CT molecular complexity index is 1330. The zero-order valence-corrected chi connectivity index (χ0v) is 38.5. The number of carboxylic acids is 1. The maximum absolute atomic E-state index is 12.7. The molecule has 350 valence electrons. The van der Waals surface area contributed by atoms with E-state index in [-0.39, 0.29) is 25.6 Å². The molecule has 4 atom stereocenters. The molecule has 0 saturated carbocycles. The minimum atomic E-state index is -4.74. The number of aliphatic hydroxyl groups excluding tert-OH is 1. The van der Waals surface area contributed by atoms with Crippen molar-refractivity contribution >= 4 is 25.7 Å². The number of aliphatic hydroxyl groups is 1. The minimum absolute atomic E-state index is 0.127. The number of nitrogens with two attached hydrogens (primary N) is 1. The standard InChI is InChI=1S/C48H82NO11P/c1-3-5-6-7-8-9-10-11-12-13-14-15-16-19-23-26-29-32-35-39-47(52)60-44(41-58-61(55,56)59-42-45(49)48(53)54)40-57-46(51)38-34-31-28-25-22-20-17-18-21-24-27-30-33-37-43(50)36-4-2/h8-9,11-12,17,20-21,24-25,28,30,33,43-45,50H,3-7,10,13-16,18-19,22-23,26-27,29,31-32,34-42,49H2,1-2H3,(H,53,54)(H,55,56)/b9-8-,12-11-,20-17-,24-21-,28-25-,33-30-/t43?,44-,45+/m1/s1. The Kier molecular flexibility index (Phi) is 40.0. The normalized spacial score (nSPS) is 14.8. The minimum Gasteiger partial charge on any atom is -0.480 e. The lowest BCUT2D eigenvalue weighted by molar-refractivity contribution is -0.161. The molecular formula is C48H82NO11P. The van der Waals surface area contributed by atoms with Crippen molar-refractivity contribution in [3.8, 4) is 0 Å². The number of allylic oxidation sites excluding steroid dienone is 11. The van der Waals surface area contributed by atoms with E-state index in [1.807, 2.05) is 18.2 Å². The summed E-state index contributed by atoms with van der Waals surface area (Å²) in [6.45, 7) is 2.51. The van der Waals surface area contributed by atoms with Crippen molar-refractivity contribution in [2.75, 3.05) is 19.8 Å². The fourth-order valence-electron chi connectivity index (χ4n) is 5.87. The fraction of sp³-hybridized carbons (Fsp3) is 0.688. The number of unbranched alkanes of at least 4 members (excludes halogenated alkanes) is 13. The lowest BCUT2D eigenvalue weighted by Crippen LogP contribution is -2.34. The number of carbonyl (C=O) groups is 3. The highest BCUT2D eigenvalue weighted by Crippen LogP contribution is 2.43. The number of rotatable bonds is 42. The van der Waals surface area contributed by atoms with Crippen LogP contribution in [-0.4, -0.2) is 71.1 Å². The van der Waals surface area contributed by atoms with Crippen molar-refractivity contribution in [1.29, 1.82) is 0 Å². The van der Waals surface area contributed by atoms with Crippen LogP contribution in [0.25, 0.3) is 0 Å². The van der Waals surface area contributed by atoms with Gasteiger partial charge >= 0.3 is 25.7 Å². The third-order valence-corrected chi connectivity index (χ3v) is 10.4. The van der Waals surface area contributed by atoms with Crippen molar-refractivity contribution in [2.45, 2.75) is 193 Å². The average Bonchev–Trinajstić information content (AvgIpc) is 3.23. The average molecular weight is 880 g/mol. The number of phosphoric ester groups is 1. The van der Waals surface area contributed by atoms with Gasteiger partial charge in [-0.2, -0.15) is 0 Å². The van der Waals surface area contributed by atoms with E-state index in [0.717, 1.165) is 70.6 Å². The van der Waals surface area contributed by atoms with Crippen molar-refractivity contribution in [2.24, 2.45) is 5.73 Å². The Morgan fingerprint density at radius 3 is 1.57 bits per heavy atom. The first-order valence-electron chi connectivity index (χ1n) is 23.0. The van der Waals surface area contributed by atoms with E-state index in [0.29, 0.717) is 25.7 Å². The van der Waals surface area contributed by atoms with Crippen LogP contribution in [0.5, 0.6) is 0 Å². The molecule has 2 unspecified atom stereocenters. The second kappa shape index (κ2) is 42.2. The molecule has 12 nitrogen and oxygen atoms in total. The number of hydrogen-bond donors (Lipinski definition) is 4. The number of ether oxygens (including phenoxy) is 2. The second-order valence-electron chi connectivity index (χ2n) is 15.4. The summed E-state index contributed by atoms with van der Waals surface area (Å²) in [6, 6.07) is -1.54. The van der Waals surface area contributed by atoms with E-state index in [9.17, 15) is 28.9 Å². The van der Waals surface area contributed by atoms with Gasteiger partial charge in [0.1, 0.15) is 12.6 Å². The molecule has 0 heterocycles. The van der Waals surface area contributed by atoms with Gasteiger partial charge in [0, 0.05) is 12.8 Å². The first kappa shape index (κ1) is 57.9. The van der Waals surface area contributed by atoms with Crippen molar-refractivity contribution in [3.05, 3.63) is 72.9 Å². The molecule has 0 aromatic carbocycles.